The first kappa shape index (κ1) is 23.3. The van der Waals surface area contributed by atoms with Crippen LogP contribution < -0.4 is 15.8 Å². The van der Waals surface area contributed by atoms with Crippen LogP contribution in [-0.4, -0.2) is 31.1 Å². The van der Waals surface area contributed by atoms with Crippen LogP contribution in [0.2, 0.25) is 0 Å². The summed E-state index contributed by atoms with van der Waals surface area (Å²) in [5.41, 5.74) is 8.70. The third kappa shape index (κ3) is 8.22. The molecular weight excluding hydrogens is 384 g/mol. The molecule has 5 nitrogen and oxygen atoms in total. The maximum Gasteiger partial charge on any atom is 0.241 e. The van der Waals surface area contributed by atoms with Gasteiger partial charge in [-0.15, -0.1) is 12.4 Å². The summed E-state index contributed by atoms with van der Waals surface area (Å²) in [6.45, 7) is 0.981. The second-order valence-corrected chi connectivity index (χ2v) is 6.90. The first-order valence-corrected chi connectivity index (χ1v) is 9.86. The van der Waals surface area contributed by atoms with Crippen LogP contribution in [0.4, 0.5) is 5.69 Å². The van der Waals surface area contributed by atoms with Gasteiger partial charge in [-0.3, -0.25) is 4.79 Å². The molecule has 27 heavy (non-hydrogen) atoms. The number of carbonyl (C=O) groups is 1. The van der Waals surface area contributed by atoms with Gasteiger partial charge >= 0.3 is 0 Å². The highest BCUT2D eigenvalue weighted by Gasteiger charge is 2.13. The number of amides is 1. The van der Waals surface area contributed by atoms with Crippen molar-refractivity contribution >= 4 is 35.8 Å². The molecule has 0 spiro atoms. The minimum Gasteiger partial charge on any atom is -0.497 e. The summed E-state index contributed by atoms with van der Waals surface area (Å²) in [5, 5.41) is 2.87. The Morgan fingerprint density at radius 1 is 1.15 bits per heavy atom. The summed E-state index contributed by atoms with van der Waals surface area (Å²) >= 11 is 1.68. The van der Waals surface area contributed by atoms with Crippen LogP contribution in [0.3, 0.4) is 0 Å². The number of halogens is 1. The van der Waals surface area contributed by atoms with Gasteiger partial charge in [0.2, 0.25) is 5.91 Å². The Bertz CT molecular complexity index is 698. The number of nitrogens with one attached hydrogen (secondary N) is 1. The molecule has 0 fully saturated rings. The second-order valence-electron chi connectivity index (χ2n) is 5.92. The summed E-state index contributed by atoms with van der Waals surface area (Å²) in [6, 6.07) is 14.9. The normalized spacial score (nSPS) is 11.4. The quantitative estimate of drug-likeness (QED) is 0.622. The maximum atomic E-state index is 12.1. The summed E-state index contributed by atoms with van der Waals surface area (Å²) in [7, 11) is 1.65. The van der Waals surface area contributed by atoms with E-state index in [1.54, 1.807) is 18.9 Å². The summed E-state index contributed by atoms with van der Waals surface area (Å²) < 4.78 is 10.9. The molecule has 3 N–H and O–H groups in total. The summed E-state index contributed by atoms with van der Waals surface area (Å²) in [6.07, 6.45) is 2.66. The van der Waals surface area contributed by atoms with Crippen molar-refractivity contribution in [3.8, 4) is 5.75 Å². The number of hydrogen-bond acceptors (Lipinski definition) is 5. The largest absolute Gasteiger partial charge is 0.497 e. The Hall–Kier alpha value is -1.73. The Kier molecular flexibility index (Phi) is 10.9. The molecule has 0 unspecified atom stereocenters. The fourth-order valence-corrected chi connectivity index (χ4v) is 2.85. The fourth-order valence-electron chi connectivity index (χ4n) is 2.36. The van der Waals surface area contributed by atoms with E-state index in [-0.39, 0.29) is 18.3 Å². The van der Waals surface area contributed by atoms with Gasteiger partial charge < -0.3 is 20.5 Å². The number of methoxy groups -OCH3 is 1. The molecule has 0 aliphatic rings. The number of benzene rings is 2. The van der Waals surface area contributed by atoms with Crippen molar-refractivity contribution in [3.05, 3.63) is 59.7 Å². The minimum atomic E-state index is -0.488. The van der Waals surface area contributed by atoms with E-state index in [2.05, 4.69) is 5.32 Å². The van der Waals surface area contributed by atoms with Gasteiger partial charge in [0.15, 0.2) is 0 Å². The lowest BCUT2D eigenvalue weighted by atomic mass is 10.2. The zero-order valence-electron chi connectivity index (χ0n) is 15.6. The third-order valence-electron chi connectivity index (χ3n) is 3.86. The number of thioether (sulfide) groups is 1. The van der Waals surface area contributed by atoms with E-state index >= 15 is 0 Å². The number of nitrogens with two attached hydrogens (primary N) is 1. The molecule has 2 aromatic carbocycles. The minimum absolute atomic E-state index is 0. The van der Waals surface area contributed by atoms with Gasteiger partial charge in [0.25, 0.3) is 0 Å². The van der Waals surface area contributed by atoms with Crippen molar-refractivity contribution in [2.45, 2.75) is 25.7 Å². The molecule has 2 aromatic rings. The van der Waals surface area contributed by atoms with E-state index < -0.39 is 6.04 Å². The monoisotopic (exact) mass is 410 g/mol. The Morgan fingerprint density at radius 2 is 1.85 bits per heavy atom. The van der Waals surface area contributed by atoms with Crippen LogP contribution in [0.1, 0.15) is 17.5 Å². The molecule has 0 aromatic heterocycles. The van der Waals surface area contributed by atoms with E-state index in [0.717, 1.165) is 28.3 Å². The zero-order chi connectivity index (χ0) is 18.8. The topological polar surface area (TPSA) is 73.6 Å². The second kappa shape index (κ2) is 12.6. The van der Waals surface area contributed by atoms with Gasteiger partial charge in [-0.1, -0.05) is 24.3 Å². The van der Waals surface area contributed by atoms with Gasteiger partial charge in [-0.25, -0.2) is 0 Å². The Labute approximate surface area is 171 Å². The first-order valence-electron chi connectivity index (χ1n) is 8.47. The molecule has 1 amide bonds. The zero-order valence-corrected chi connectivity index (χ0v) is 17.3. The Morgan fingerprint density at radius 3 is 2.52 bits per heavy atom. The van der Waals surface area contributed by atoms with E-state index in [1.807, 2.05) is 54.8 Å². The number of ether oxygens (including phenoxy) is 2. The highest BCUT2D eigenvalue weighted by atomic mass is 35.5. The van der Waals surface area contributed by atoms with Crippen molar-refractivity contribution < 1.29 is 14.3 Å². The molecule has 7 heteroatoms. The van der Waals surface area contributed by atoms with E-state index in [1.165, 1.54) is 0 Å². The average Bonchev–Trinajstić information content (AvgIpc) is 2.67. The average molecular weight is 411 g/mol. The van der Waals surface area contributed by atoms with Crippen molar-refractivity contribution in [1.82, 2.24) is 0 Å². The molecule has 0 aliphatic carbocycles. The van der Waals surface area contributed by atoms with Crippen LogP contribution >= 0.6 is 24.2 Å². The fraction of sp³-hybridized carbons (Fsp3) is 0.350. The number of hydrogen-bond donors (Lipinski definition) is 2. The van der Waals surface area contributed by atoms with Crippen molar-refractivity contribution in [1.29, 1.82) is 0 Å². The standard InChI is InChI=1S/C20H26N2O3S.ClH/c1-24-18-8-6-15(7-9-18)13-25-14-16-4-3-5-17(12-16)22-20(23)19(21)10-11-26-2;/h3-9,12,19H,10-11,13-14,21H2,1-2H3,(H,22,23);1H/t19-;/m0./s1. The van der Waals surface area contributed by atoms with E-state index in [9.17, 15) is 4.79 Å². The Balaban J connectivity index is 0.00000364. The smallest absolute Gasteiger partial charge is 0.241 e. The lowest BCUT2D eigenvalue weighted by Crippen LogP contribution is -2.36. The van der Waals surface area contributed by atoms with Crippen LogP contribution in [0.5, 0.6) is 5.75 Å². The van der Waals surface area contributed by atoms with Crippen LogP contribution in [0, 0.1) is 0 Å². The molecule has 0 aliphatic heterocycles. The van der Waals surface area contributed by atoms with Gasteiger partial charge in [0, 0.05) is 5.69 Å². The first-order chi connectivity index (χ1) is 12.6. The van der Waals surface area contributed by atoms with E-state index in [0.29, 0.717) is 19.6 Å². The van der Waals surface area contributed by atoms with Crippen molar-refractivity contribution in [2.75, 3.05) is 24.4 Å². The predicted octanol–water partition coefficient (Wildman–Crippen LogP) is 3.85. The SMILES string of the molecule is COc1ccc(COCc2cccc(NC(=O)[C@@H](N)CCSC)c2)cc1.Cl. The molecule has 148 valence electrons. The number of carbonyl (C=O) groups excluding carboxylic acids is 1. The highest BCUT2D eigenvalue weighted by molar-refractivity contribution is 7.98. The molecule has 0 saturated carbocycles. The molecule has 0 bridgehead atoms. The lowest BCUT2D eigenvalue weighted by molar-refractivity contribution is -0.117. The van der Waals surface area contributed by atoms with E-state index in [4.69, 9.17) is 15.2 Å². The van der Waals surface area contributed by atoms with Gasteiger partial charge in [-0.05, 0) is 53.8 Å². The molecule has 0 radical (unpaired) electrons. The van der Waals surface area contributed by atoms with Gasteiger partial charge in [0.1, 0.15) is 5.75 Å². The van der Waals surface area contributed by atoms with Crippen molar-refractivity contribution in [2.24, 2.45) is 5.73 Å². The molecule has 1 atom stereocenters. The number of rotatable bonds is 10. The van der Waals surface area contributed by atoms with Crippen molar-refractivity contribution in [3.63, 3.8) is 0 Å². The molecule has 2 rings (SSSR count). The number of anilines is 1. The van der Waals surface area contributed by atoms with Crippen LogP contribution in [-0.2, 0) is 22.7 Å². The molecule has 0 heterocycles. The van der Waals surface area contributed by atoms with Crippen LogP contribution in [0.25, 0.3) is 0 Å². The highest BCUT2D eigenvalue weighted by Crippen LogP contribution is 2.15. The lowest BCUT2D eigenvalue weighted by Gasteiger charge is -2.12. The molecule has 0 saturated heterocycles. The van der Waals surface area contributed by atoms with Gasteiger partial charge in [0.05, 0.1) is 26.4 Å². The van der Waals surface area contributed by atoms with Crippen LogP contribution in [0.15, 0.2) is 48.5 Å². The molecular formula is C20H27ClN2O3S. The van der Waals surface area contributed by atoms with Gasteiger partial charge in [-0.2, -0.15) is 11.8 Å². The maximum absolute atomic E-state index is 12.1. The third-order valence-corrected chi connectivity index (χ3v) is 4.50. The summed E-state index contributed by atoms with van der Waals surface area (Å²) in [4.78, 5) is 12.1. The summed E-state index contributed by atoms with van der Waals surface area (Å²) in [5.74, 6) is 1.54. The predicted molar refractivity (Wildman–Crippen MR) is 115 cm³/mol.